The molecule has 0 aliphatic rings. The maximum Gasteiger partial charge on any atom is 0.288 e. The van der Waals surface area contributed by atoms with Crippen LogP contribution in [0.2, 0.25) is 10.2 Å². The lowest BCUT2D eigenvalue weighted by Crippen LogP contribution is -2.55. The monoisotopic (exact) mass is 428 g/mol. The molecule has 2 heterocycles. The van der Waals surface area contributed by atoms with Crippen LogP contribution >= 0.6 is 23.2 Å². The first-order valence-electron chi connectivity index (χ1n) is 8.10. The summed E-state index contributed by atoms with van der Waals surface area (Å²) in [7, 11) is 1.67. The molecule has 28 heavy (non-hydrogen) atoms. The van der Waals surface area contributed by atoms with Gasteiger partial charge in [-0.05, 0) is 36.2 Å². The summed E-state index contributed by atoms with van der Waals surface area (Å²) in [6.45, 7) is 1.54. The largest absolute Gasteiger partial charge is 0.439 e. The van der Waals surface area contributed by atoms with Crippen LogP contribution in [0.15, 0.2) is 34.9 Å². The van der Waals surface area contributed by atoms with Crippen molar-refractivity contribution in [2.75, 3.05) is 0 Å². The zero-order valence-electron chi connectivity index (χ0n) is 14.9. The quantitative estimate of drug-likeness (QED) is 0.603. The molecule has 1 atom stereocenters. The maximum atomic E-state index is 13.4. The van der Waals surface area contributed by atoms with Gasteiger partial charge in [0.15, 0.2) is 17.4 Å². The van der Waals surface area contributed by atoms with Crippen molar-refractivity contribution < 1.29 is 18.0 Å². The van der Waals surface area contributed by atoms with Gasteiger partial charge in [-0.1, -0.05) is 17.7 Å². The van der Waals surface area contributed by atoms with E-state index in [0.29, 0.717) is 21.8 Å². The normalized spacial score (nSPS) is 13.4. The number of aromatic nitrogens is 2. The van der Waals surface area contributed by atoms with Gasteiger partial charge in [-0.15, -0.1) is 0 Å². The minimum atomic E-state index is -1.26. The minimum absolute atomic E-state index is 0.0324. The van der Waals surface area contributed by atoms with E-state index in [1.165, 1.54) is 29.9 Å². The molecule has 148 valence electrons. The summed E-state index contributed by atoms with van der Waals surface area (Å²) >= 11 is 12.2. The van der Waals surface area contributed by atoms with Gasteiger partial charge < -0.3 is 15.5 Å². The second-order valence-electron chi connectivity index (χ2n) is 6.56. The first kappa shape index (κ1) is 20.3. The number of nitrogens with zero attached hydrogens (tertiary/aromatic N) is 2. The first-order chi connectivity index (χ1) is 13.1. The summed E-state index contributed by atoms with van der Waals surface area (Å²) in [5.74, 6) is -2.66. The Balaban J connectivity index is 1.79. The smallest absolute Gasteiger partial charge is 0.288 e. The number of halogens is 4. The second kappa shape index (κ2) is 7.54. The van der Waals surface area contributed by atoms with Crippen LogP contribution in [0.4, 0.5) is 8.78 Å². The number of carbonyl (C=O) groups excluding carboxylic acids is 1. The number of rotatable bonds is 5. The molecule has 0 bridgehead atoms. The predicted octanol–water partition coefficient (Wildman–Crippen LogP) is 3.91. The highest BCUT2D eigenvalue weighted by molar-refractivity contribution is 6.35. The van der Waals surface area contributed by atoms with Crippen LogP contribution in [0.1, 0.15) is 23.0 Å². The molecule has 0 aliphatic carbocycles. The van der Waals surface area contributed by atoms with E-state index in [-0.39, 0.29) is 17.4 Å². The molecule has 10 heteroatoms. The Morgan fingerprint density at radius 3 is 2.64 bits per heavy atom. The Morgan fingerprint density at radius 1 is 1.32 bits per heavy atom. The van der Waals surface area contributed by atoms with Crippen LogP contribution in [0, 0.1) is 11.6 Å². The van der Waals surface area contributed by atoms with Gasteiger partial charge in [0.05, 0.1) is 28.1 Å². The molecule has 3 rings (SSSR count). The number of aryl methyl sites for hydroxylation is 1. The van der Waals surface area contributed by atoms with Crippen molar-refractivity contribution in [2.24, 2.45) is 12.8 Å². The number of hydrogen-bond donors (Lipinski definition) is 2. The molecular weight excluding hydrogens is 413 g/mol. The lowest BCUT2D eigenvalue weighted by Gasteiger charge is -2.25. The highest BCUT2D eigenvalue weighted by atomic mass is 35.5. The molecular formula is C18H16Cl2F2N4O2. The Kier molecular flexibility index (Phi) is 5.47. The van der Waals surface area contributed by atoms with Gasteiger partial charge in [0.25, 0.3) is 5.91 Å². The zero-order chi connectivity index (χ0) is 20.6. The third kappa shape index (κ3) is 4.19. The Labute approximate surface area is 169 Å². The van der Waals surface area contributed by atoms with Gasteiger partial charge >= 0.3 is 0 Å². The van der Waals surface area contributed by atoms with Gasteiger partial charge in [0.1, 0.15) is 0 Å². The van der Waals surface area contributed by atoms with Crippen LogP contribution in [0.25, 0.3) is 11.3 Å². The van der Waals surface area contributed by atoms with Crippen molar-refractivity contribution in [2.45, 2.75) is 19.0 Å². The second-order valence-corrected chi connectivity index (χ2v) is 7.31. The summed E-state index contributed by atoms with van der Waals surface area (Å²) in [4.78, 5) is 12.5. The molecule has 0 radical (unpaired) electrons. The van der Waals surface area contributed by atoms with E-state index in [1.54, 1.807) is 7.05 Å². The number of hydrogen-bond acceptors (Lipinski definition) is 4. The highest BCUT2D eigenvalue weighted by Crippen LogP contribution is 2.35. The van der Waals surface area contributed by atoms with Crippen molar-refractivity contribution in [3.05, 3.63) is 63.7 Å². The van der Waals surface area contributed by atoms with Gasteiger partial charge in [-0.25, -0.2) is 8.78 Å². The average Bonchev–Trinajstić information content (AvgIpc) is 3.12. The van der Waals surface area contributed by atoms with Crippen molar-refractivity contribution >= 4 is 29.1 Å². The van der Waals surface area contributed by atoms with E-state index in [1.807, 2.05) is 0 Å². The summed E-state index contributed by atoms with van der Waals surface area (Å²) in [6, 6.07) is 4.84. The van der Waals surface area contributed by atoms with E-state index in [9.17, 15) is 13.6 Å². The van der Waals surface area contributed by atoms with Crippen LogP contribution in [0.3, 0.4) is 0 Å². The summed E-state index contributed by atoms with van der Waals surface area (Å²) < 4.78 is 33.3. The Morgan fingerprint density at radius 2 is 2.04 bits per heavy atom. The highest BCUT2D eigenvalue weighted by Gasteiger charge is 2.27. The third-order valence-corrected chi connectivity index (χ3v) is 4.57. The van der Waals surface area contributed by atoms with E-state index in [4.69, 9.17) is 33.4 Å². The fourth-order valence-corrected chi connectivity index (χ4v) is 3.29. The predicted molar refractivity (Wildman–Crippen MR) is 101 cm³/mol. The average molecular weight is 429 g/mol. The molecule has 0 saturated heterocycles. The number of benzene rings is 1. The molecule has 0 saturated carbocycles. The first-order valence-corrected chi connectivity index (χ1v) is 8.85. The van der Waals surface area contributed by atoms with E-state index >= 15 is 0 Å². The molecule has 2 aromatic heterocycles. The lowest BCUT2D eigenvalue weighted by atomic mass is 10.0. The number of nitrogens with one attached hydrogen (secondary N) is 1. The number of carbonyl (C=O) groups is 1. The van der Waals surface area contributed by atoms with Crippen LogP contribution in [0.5, 0.6) is 0 Å². The fraction of sp³-hybridized carbons (Fsp3) is 0.222. The standard InChI is InChI=1S/C18H16Cl2F2N4O2/c1-18(23,7-9-3-4-12(21)13(22)5-9)25-17(27)14-6-10(16(20)28-14)15-11(19)8-24-26(15)2/h3-6,8H,7,23H2,1-2H3,(H,25,27)/t18-/m0/s1. The topological polar surface area (TPSA) is 86.1 Å². The molecule has 0 fully saturated rings. The third-order valence-electron chi connectivity index (χ3n) is 4.01. The summed E-state index contributed by atoms with van der Waals surface area (Å²) in [6.07, 6.45) is 1.50. The van der Waals surface area contributed by atoms with Crippen molar-refractivity contribution in [1.82, 2.24) is 15.1 Å². The zero-order valence-corrected chi connectivity index (χ0v) is 16.4. The van der Waals surface area contributed by atoms with Crippen LogP contribution in [-0.2, 0) is 13.5 Å². The minimum Gasteiger partial charge on any atom is -0.439 e. The van der Waals surface area contributed by atoms with E-state index in [2.05, 4.69) is 10.4 Å². The van der Waals surface area contributed by atoms with Gasteiger partial charge in [-0.2, -0.15) is 5.10 Å². The molecule has 0 aliphatic heterocycles. The molecule has 3 N–H and O–H groups in total. The summed E-state index contributed by atoms with van der Waals surface area (Å²) in [5.41, 5.74) is 6.16. The molecule has 0 unspecified atom stereocenters. The Bertz CT molecular complexity index is 1030. The fourth-order valence-electron chi connectivity index (χ4n) is 2.79. The summed E-state index contributed by atoms with van der Waals surface area (Å²) in [5, 5.41) is 6.91. The molecule has 6 nitrogen and oxygen atoms in total. The number of amides is 1. The lowest BCUT2D eigenvalue weighted by molar-refractivity contribution is 0.0879. The van der Waals surface area contributed by atoms with Crippen LogP contribution in [-0.4, -0.2) is 21.4 Å². The van der Waals surface area contributed by atoms with Gasteiger partial charge in [0, 0.05) is 19.5 Å². The number of nitrogens with two attached hydrogens (primary N) is 1. The van der Waals surface area contributed by atoms with Crippen molar-refractivity contribution in [3.63, 3.8) is 0 Å². The molecule has 0 spiro atoms. The van der Waals surface area contributed by atoms with E-state index in [0.717, 1.165) is 12.1 Å². The molecule has 1 aromatic carbocycles. The maximum absolute atomic E-state index is 13.4. The SMILES string of the molecule is Cn1ncc(Cl)c1-c1cc(C(=O)N[C@](C)(N)Cc2ccc(F)c(F)c2)oc1Cl. The van der Waals surface area contributed by atoms with Crippen LogP contribution < -0.4 is 11.1 Å². The molecule has 1 amide bonds. The van der Waals surface area contributed by atoms with Crippen molar-refractivity contribution in [1.29, 1.82) is 0 Å². The van der Waals surface area contributed by atoms with Crippen molar-refractivity contribution in [3.8, 4) is 11.3 Å². The molecule has 3 aromatic rings. The number of furan rings is 1. The van der Waals surface area contributed by atoms with Gasteiger partial charge in [0.2, 0.25) is 5.22 Å². The van der Waals surface area contributed by atoms with E-state index < -0.39 is 23.2 Å². The van der Waals surface area contributed by atoms with Gasteiger partial charge in [-0.3, -0.25) is 9.48 Å². The Hall–Kier alpha value is -2.42.